The Kier molecular flexibility index (Phi) is 2.63. The van der Waals surface area contributed by atoms with Gasteiger partial charge in [0.1, 0.15) is 5.82 Å². The molecule has 90 valence electrons. The van der Waals surface area contributed by atoms with Gasteiger partial charge in [-0.2, -0.15) is 0 Å². The van der Waals surface area contributed by atoms with Crippen molar-refractivity contribution in [3.05, 3.63) is 30.1 Å². The molecule has 0 unspecified atom stereocenters. The van der Waals surface area contributed by atoms with Gasteiger partial charge in [0, 0.05) is 6.04 Å². The van der Waals surface area contributed by atoms with Gasteiger partial charge < -0.3 is 10.3 Å². The maximum absolute atomic E-state index is 6.06. The summed E-state index contributed by atoms with van der Waals surface area (Å²) in [6, 6.07) is 8.96. The molecule has 1 heterocycles. The normalized spacial score (nSPS) is 18.9. The molecule has 0 spiro atoms. The van der Waals surface area contributed by atoms with Crippen LogP contribution in [0.2, 0.25) is 0 Å². The molecule has 1 aliphatic carbocycles. The third-order valence-corrected chi connectivity index (χ3v) is 3.72. The molecule has 3 rings (SSSR count). The predicted octanol–water partition coefficient (Wildman–Crippen LogP) is 3.17. The molecule has 17 heavy (non-hydrogen) atoms. The Balaban J connectivity index is 2.20. The van der Waals surface area contributed by atoms with Crippen molar-refractivity contribution in [1.29, 1.82) is 0 Å². The van der Waals surface area contributed by atoms with Crippen molar-refractivity contribution in [3.63, 3.8) is 0 Å². The van der Waals surface area contributed by atoms with Crippen molar-refractivity contribution < 1.29 is 0 Å². The molecule has 1 aliphatic rings. The van der Waals surface area contributed by atoms with Gasteiger partial charge >= 0.3 is 0 Å². The molecule has 1 aromatic heterocycles. The lowest BCUT2D eigenvalue weighted by Gasteiger charge is -2.17. The second-order valence-corrected chi connectivity index (χ2v) is 5.06. The predicted molar refractivity (Wildman–Crippen MR) is 69.8 cm³/mol. The first-order valence-electron chi connectivity index (χ1n) is 6.50. The molecule has 1 atom stereocenters. The fourth-order valence-corrected chi connectivity index (χ4v) is 2.93. The van der Waals surface area contributed by atoms with Gasteiger partial charge in [0.2, 0.25) is 0 Å². The highest BCUT2D eigenvalue weighted by molar-refractivity contribution is 5.76. The van der Waals surface area contributed by atoms with Crippen molar-refractivity contribution in [3.8, 4) is 0 Å². The first kappa shape index (κ1) is 10.8. The summed E-state index contributed by atoms with van der Waals surface area (Å²) < 4.78 is 2.38. The zero-order valence-corrected chi connectivity index (χ0v) is 10.3. The second-order valence-electron chi connectivity index (χ2n) is 5.06. The summed E-state index contributed by atoms with van der Waals surface area (Å²) >= 11 is 0. The zero-order valence-electron chi connectivity index (χ0n) is 10.3. The highest BCUT2D eigenvalue weighted by Gasteiger charge is 2.23. The number of benzene rings is 1. The molecule has 2 N–H and O–H groups in total. The van der Waals surface area contributed by atoms with Crippen LogP contribution in [0.4, 0.5) is 0 Å². The summed E-state index contributed by atoms with van der Waals surface area (Å²) in [5.74, 6) is 1.04. The molecule has 1 aromatic carbocycles. The number of para-hydroxylation sites is 2. The number of nitrogens with two attached hydrogens (primary N) is 1. The quantitative estimate of drug-likeness (QED) is 0.859. The second kappa shape index (κ2) is 4.15. The van der Waals surface area contributed by atoms with Crippen LogP contribution in [0.15, 0.2) is 24.3 Å². The SMILES string of the molecule is C[C@H](N)c1nc2ccccc2n1C1CCCC1. The number of rotatable bonds is 2. The molecular formula is C14H19N3. The van der Waals surface area contributed by atoms with Crippen LogP contribution in [0, 0.1) is 0 Å². The van der Waals surface area contributed by atoms with Crippen molar-refractivity contribution in [2.24, 2.45) is 5.73 Å². The van der Waals surface area contributed by atoms with E-state index in [0.29, 0.717) is 6.04 Å². The van der Waals surface area contributed by atoms with Gasteiger partial charge in [-0.3, -0.25) is 0 Å². The monoisotopic (exact) mass is 229 g/mol. The minimum absolute atomic E-state index is 0.00278. The lowest BCUT2D eigenvalue weighted by atomic mass is 10.2. The Morgan fingerprint density at radius 2 is 2.00 bits per heavy atom. The van der Waals surface area contributed by atoms with E-state index in [1.165, 1.54) is 31.2 Å². The molecule has 0 bridgehead atoms. The summed E-state index contributed by atoms with van der Waals surface area (Å²) in [6.07, 6.45) is 5.19. The van der Waals surface area contributed by atoms with Crippen molar-refractivity contribution in [2.75, 3.05) is 0 Å². The van der Waals surface area contributed by atoms with Crippen LogP contribution in [0.3, 0.4) is 0 Å². The van der Waals surface area contributed by atoms with Gasteiger partial charge in [0.15, 0.2) is 0 Å². The number of nitrogens with zero attached hydrogens (tertiary/aromatic N) is 2. The molecular weight excluding hydrogens is 210 g/mol. The largest absolute Gasteiger partial charge is 0.324 e. The first-order chi connectivity index (χ1) is 8.27. The number of imidazole rings is 1. The van der Waals surface area contributed by atoms with E-state index < -0.39 is 0 Å². The topological polar surface area (TPSA) is 43.8 Å². The smallest absolute Gasteiger partial charge is 0.126 e. The third-order valence-electron chi connectivity index (χ3n) is 3.72. The summed E-state index contributed by atoms with van der Waals surface area (Å²) in [7, 11) is 0. The van der Waals surface area contributed by atoms with Crippen LogP contribution in [0.25, 0.3) is 11.0 Å². The molecule has 0 amide bonds. The van der Waals surface area contributed by atoms with Gasteiger partial charge in [-0.05, 0) is 31.9 Å². The Morgan fingerprint density at radius 3 is 2.71 bits per heavy atom. The first-order valence-corrected chi connectivity index (χ1v) is 6.50. The van der Waals surface area contributed by atoms with Gasteiger partial charge in [0.25, 0.3) is 0 Å². The number of hydrogen-bond acceptors (Lipinski definition) is 2. The van der Waals surface area contributed by atoms with Gasteiger partial charge in [-0.1, -0.05) is 25.0 Å². The molecule has 0 aliphatic heterocycles. The van der Waals surface area contributed by atoms with E-state index in [-0.39, 0.29) is 6.04 Å². The van der Waals surface area contributed by atoms with Crippen LogP contribution in [-0.4, -0.2) is 9.55 Å². The van der Waals surface area contributed by atoms with Crippen LogP contribution in [0.5, 0.6) is 0 Å². The third kappa shape index (κ3) is 1.75. The number of fused-ring (bicyclic) bond motifs is 1. The molecule has 0 radical (unpaired) electrons. The van der Waals surface area contributed by atoms with E-state index in [0.717, 1.165) is 11.3 Å². The Bertz CT molecular complexity index is 521. The van der Waals surface area contributed by atoms with Crippen molar-refractivity contribution >= 4 is 11.0 Å². The summed E-state index contributed by atoms with van der Waals surface area (Å²) in [4.78, 5) is 4.69. The van der Waals surface area contributed by atoms with E-state index in [2.05, 4.69) is 22.8 Å². The minimum atomic E-state index is 0.00278. The average Bonchev–Trinajstić information content (AvgIpc) is 2.94. The number of aromatic nitrogens is 2. The standard InChI is InChI=1S/C14H19N3/c1-10(15)14-16-12-8-4-5-9-13(12)17(14)11-6-2-3-7-11/h4-5,8-11H,2-3,6-7,15H2,1H3/t10-/m0/s1. The van der Waals surface area contributed by atoms with Crippen molar-refractivity contribution in [2.45, 2.75) is 44.7 Å². The molecule has 0 saturated heterocycles. The molecule has 1 fully saturated rings. The maximum atomic E-state index is 6.06. The average molecular weight is 229 g/mol. The van der Waals surface area contributed by atoms with E-state index in [1.807, 2.05) is 13.0 Å². The summed E-state index contributed by atoms with van der Waals surface area (Å²) in [5, 5.41) is 0. The lowest BCUT2D eigenvalue weighted by molar-refractivity contribution is 0.495. The lowest BCUT2D eigenvalue weighted by Crippen LogP contribution is -2.16. The fourth-order valence-electron chi connectivity index (χ4n) is 2.93. The van der Waals surface area contributed by atoms with Crippen molar-refractivity contribution in [1.82, 2.24) is 9.55 Å². The van der Waals surface area contributed by atoms with Crippen LogP contribution in [0.1, 0.15) is 50.5 Å². The molecule has 1 saturated carbocycles. The Hall–Kier alpha value is -1.35. The Morgan fingerprint density at radius 1 is 1.29 bits per heavy atom. The van der Waals surface area contributed by atoms with Crippen LogP contribution < -0.4 is 5.73 Å². The van der Waals surface area contributed by atoms with Crippen LogP contribution in [-0.2, 0) is 0 Å². The fraction of sp³-hybridized carbons (Fsp3) is 0.500. The van der Waals surface area contributed by atoms with Gasteiger partial charge in [-0.25, -0.2) is 4.98 Å². The molecule has 3 heteroatoms. The van der Waals surface area contributed by atoms with E-state index in [4.69, 9.17) is 10.7 Å². The summed E-state index contributed by atoms with van der Waals surface area (Å²) in [6.45, 7) is 2.02. The van der Waals surface area contributed by atoms with E-state index >= 15 is 0 Å². The highest BCUT2D eigenvalue weighted by Crippen LogP contribution is 2.34. The maximum Gasteiger partial charge on any atom is 0.126 e. The molecule has 2 aromatic rings. The zero-order chi connectivity index (χ0) is 11.8. The highest BCUT2D eigenvalue weighted by atomic mass is 15.1. The van der Waals surface area contributed by atoms with E-state index in [1.54, 1.807) is 0 Å². The van der Waals surface area contributed by atoms with Gasteiger partial charge in [0.05, 0.1) is 17.1 Å². The molecule has 3 nitrogen and oxygen atoms in total. The number of hydrogen-bond donors (Lipinski definition) is 1. The van der Waals surface area contributed by atoms with Gasteiger partial charge in [-0.15, -0.1) is 0 Å². The Labute approximate surface area is 102 Å². The van der Waals surface area contributed by atoms with E-state index in [9.17, 15) is 0 Å². The minimum Gasteiger partial charge on any atom is -0.324 e. The van der Waals surface area contributed by atoms with Crippen LogP contribution >= 0.6 is 0 Å². The summed E-state index contributed by atoms with van der Waals surface area (Å²) in [5.41, 5.74) is 8.38.